The number of ether oxygens (including phenoxy) is 1. The van der Waals surface area contributed by atoms with Gasteiger partial charge in [0.25, 0.3) is 0 Å². The van der Waals surface area contributed by atoms with E-state index in [1.165, 1.54) is 0 Å². The number of hydrogen-bond acceptors (Lipinski definition) is 3. The van der Waals surface area contributed by atoms with Gasteiger partial charge in [0.2, 0.25) is 0 Å². The molecule has 1 atom stereocenters. The van der Waals surface area contributed by atoms with Crippen molar-refractivity contribution in [2.45, 2.75) is 39.7 Å². The molecule has 0 aliphatic carbocycles. The van der Waals surface area contributed by atoms with Crippen LogP contribution in [0.2, 0.25) is 0 Å². The third kappa shape index (κ3) is 5.53. The topological polar surface area (TPSA) is 65.9 Å². The molecule has 1 unspecified atom stereocenters. The second-order valence-corrected chi connectivity index (χ2v) is 4.93. The maximum Gasteiger partial charge on any atom is 0.191 e. The van der Waals surface area contributed by atoms with Gasteiger partial charge in [-0.1, -0.05) is 19.1 Å². The molecule has 1 aromatic carbocycles. The lowest BCUT2D eigenvalue weighted by atomic mass is 10.1. The van der Waals surface area contributed by atoms with E-state index in [4.69, 9.17) is 4.74 Å². The average molecular weight is 293 g/mol. The fourth-order valence-electron chi connectivity index (χ4n) is 1.88. The smallest absolute Gasteiger partial charge is 0.191 e. The summed E-state index contributed by atoms with van der Waals surface area (Å²) in [5, 5.41) is 16.6. The van der Waals surface area contributed by atoms with E-state index in [-0.39, 0.29) is 5.75 Å². The lowest BCUT2D eigenvalue weighted by molar-refractivity contribution is 0.370. The molecular formula is C16H27N3O2. The van der Waals surface area contributed by atoms with Gasteiger partial charge in [-0.3, -0.25) is 4.99 Å². The number of hydrogen-bond donors (Lipinski definition) is 3. The Morgan fingerprint density at radius 1 is 1.38 bits per heavy atom. The van der Waals surface area contributed by atoms with E-state index in [1.54, 1.807) is 13.2 Å². The van der Waals surface area contributed by atoms with E-state index in [9.17, 15) is 5.11 Å². The van der Waals surface area contributed by atoms with E-state index in [0.717, 1.165) is 24.5 Å². The molecular weight excluding hydrogens is 266 g/mol. The molecule has 0 fully saturated rings. The van der Waals surface area contributed by atoms with Crippen molar-refractivity contribution < 1.29 is 9.84 Å². The van der Waals surface area contributed by atoms with Crippen molar-refractivity contribution in [3.63, 3.8) is 0 Å². The minimum atomic E-state index is 0.204. The summed E-state index contributed by atoms with van der Waals surface area (Å²) < 4.78 is 5.11. The van der Waals surface area contributed by atoms with E-state index >= 15 is 0 Å². The molecule has 1 rings (SSSR count). The SMILES string of the molecule is CCNC(=NCCc1cccc(OC)c1O)NC(C)CC. The van der Waals surface area contributed by atoms with Crippen molar-refractivity contribution in [1.29, 1.82) is 0 Å². The number of nitrogens with zero attached hydrogens (tertiary/aromatic N) is 1. The van der Waals surface area contributed by atoms with Crippen molar-refractivity contribution in [3.05, 3.63) is 23.8 Å². The number of benzene rings is 1. The highest BCUT2D eigenvalue weighted by Crippen LogP contribution is 2.29. The largest absolute Gasteiger partial charge is 0.504 e. The molecule has 5 nitrogen and oxygen atoms in total. The third-order valence-corrected chi connectivity index (χ3v) is 3.29. The molecule has 0 saturated heterocycles. The molecule has 0 amide bonds. The van der Waals surface area contributed by atoms with Gasteiger partial charge in [-0.2, -0.15) is 0 Å². The van der Waals surface area contributed by atoms with Gasteiger partial charge in [0.1, 0.15) is 0 Å². The number of rotatable bonds is 7. The highest BCUT2D eigenvalue weighted by atomic mass is 16.5. The summed E-state index contributed by atoms with van der Waals surface area (Å²) in [5.74, 6) is 1.52. The molecule has 3 N–H and O–H groups in total. The Kier molecular flexibility index (Phi) is 7.43. The minimum absolute atomic E-state index is 0.204. The second kappa shape index (κ2) is 9.10. The minimum Gasteiger partial charge on any atom is -0.504 e. The molecule has 0 bridgehead atoms. The number of nitrogens with one attached hydrogen (secondary N) is 2. The molecule has 0 radical (unpaired) electrons. The van der Waals surface area contributed by atoms with Crippen LogP contribution in [-0.4, -0.2) is 37.3 Å². The monoisotopic (exact) mass is 293 g/mol. The maximum atomic E-state index is 10.0. The Morgan fingerprint density at radius 3 is 2.76 bits per heavy atom. The van der Waals surface area contributed by atoms with Crippen LogP contribution in [0.1, 0.15) is 32.8 Å². The van der Waals surface area contributed by atoms with Crippen LogP contribution >= 0.6 is 0 Å². The van der Waals surface area contributed by atoms with E-state index < -0.39 is 0 Å². The normalized spacial score (nSPS) is 12.9. The predicted octanol–water partition coefficient (Wildman–Crippen LogP) is 2.30. The number of aromatic hydroxyl groups is 1. The van der Waals surface area contributed by atoms with Gasteiger partial charge >= 0.3 is 0 Å². The molecule has 118 valence electrons. The fraction of sp³-hybridized carbons (Fsp3) is 0.562. The number of phenolic OH excluding ortho intramolecular Hbond substituents is 1. The van der Waals surface area contributed by atoms with Gasteiger partial charge in [0, 0.05) is 19.1 Å². The van der Waals surface area contributed by atoms with Gasteiger partial charge < -0.3 is 20.5 Å². The summed E-state index contributed by atoms with van der Waals surface area (Å²) in [6.07, 6.45) is 1.71. The summed E-state index contributed by atoms with van der Waals surface area (Å²) >= 11 is 0. The van der Waals surface area contributed by atoms with E-state index in [1.807, 2.05) is 19.1 Å². The third-order valence-electron chi connectivity index (χ3n) is 3.29. The van der Waals surface area contributed by atoms with Crippen LogP contribution in [0.25, 0.3) is 0 Å². The molecule has 0 aliphatic heterocycles. The average Bonchev–Trinajstić information content (AvgIpc) is 2.49. The molecule has 0 saturated carbocycles. The van der Waals surface area contributed by atoms with Crippen LogP contribution in [0, 0.1) is 0 Å². The fourth-order valence-corrected chi connectivity index (χ4v) is 1.88. The number of para-hydroxylation sites is 1. The van der Waals surface area contributed by atoms with Crippen LogP contribution in [-0.2, 0) is 6.42 Å². The van der Waals surface area contributed by atoms with Gasteiger partial charge in [0.15, 0.2) is 17.5 Å². The quantitative estimate of drug-likeness (QED) is 0.533. The van der Waals surface area contributed by atoms with Gasteiger partial charge in [-0.15, -0.1) is 0 Å². The summed E-state index contributed by atoms with van der Waals surface area (Å²) in [5.41, 5.74) is 0.845. The number of methoxy groups -OCH3 is 1. The van der Waals surface area contributed by atoms with E-state index in [0.29, 0.717) is 24.8 Å². The predicted molar refractivity (Wildman–Crippen MR) is 87.2 cm³/mol. The summed E-state index contributed by atoms with van der Waals surface area (Å²) in [6.45, 7) is 7.73. The lowest BCUT2D eigenvalue weighted by Crippen LogP contribution is -2.42. The first kappa shape index (κ1) is 17.1. The molecule has 5 heteroatoms. The summed E-state index contributed by atoms with van der Waals surface area (Å²) in [6, 6.07) is 5.90. The van der Waals surface area contributed by atoms with Gasteiger partial charge in [-0.05, 0) is 38.3 Å². The van der Waals surface area contributed by atoms with Gasteiger partial charge in [0.05, 0.1) is 7.11 Å². The second-order valence-electron chi connectivity index (χ2n) is 4.93. The van der Waals surface area contributed by atoms with Crippen molar-refractivity contribution in [2.75, 3.05) is 20.2 Å². The Labute approximate surface area is 127 Å². The van der Waals surface area contributed by atoms with Gasteiger partial charge in [-0.25, -0.2) is 0 Å². The first-order chi connectivity index (χ1) is 10.1. The van der Waals surface area contributed by atoms with Crippen LogP contribution in [0.15, 0.2) is 23.2 Å². The van der Waals surface area contributed by atoms with Crippen molar-refractivity contribution >= 4 is 5.96 Å². The van der Waals surface area contributed by atoms with Crippen LogP contribution < -0.4 is 15.4 Å². The lowest BCUT2D eigenvalue weighted by Gasteiger charge is -2.16. The first-order valence-electron chi connectivity index (χ1n) is 7.52. The van der Waals surface area contributed by atoms with Crippen LogP contribution in [0.3, 0.4) is 0 Å². The Balaban J connectivity index is 2.65. The Hall–Kier alpha value is -1.91. The van der Waals surface area contributed by atoms with Crippen LogP contribution in [0.5, 0.6) is 11.5 Å². The molecule has 0 spiro atoms. The molecule has 0 aromatic heterocycles. The highest BCUT2D eigenvalue weighted by molar-refractivity contribution is 5.80. The number of guanidine groups is 1. The first-order valence-corrected chi connectivity index (χ1v) is 7.52. The highest BCUT2D eigenvalue weighted by Gasteiger charge is 2.07. The van der Waals surface area contributed by atoms with E-state index in [2.05, 4.69) is 29.5 Å². The summed E-state index contributed by atoms with van der Waals surface area (Å²) in [7, 11) is 1.55. The molecule has 0 heterocycles. The standard InChI is InChI=1S/C16H27N3O2/c1-5-12(3)19-16(17-6-2)18-11-10-13-8-7-9-14(21-4)15(13)20/h7-9,12,20H,5-6,10-11H2,1-4H3,(H2,17,18,19). The Bertz CT molecular complexity index is 461. The number of phenols is 1. The van der Waals surface area contributed by atoms with Crippen molar-refractivity contribution in [1.82, 2.24) is 10.6 Å². The zero-order valence-corrected chi connectivity index (χ0v) is 13.4. The molecule has 1 aromatic rings. The van der Waals surface area contributed by atoms with Crippen LogP contribution in [0.4, 0.5) is 0 Å². The maximum absolute atomic E-state index is 10.0. The zero-order valence-electron chi connectivity index (χ0n) is 13.4. The molecule has 0 aliphatic rings. The summed E-state index contributed by atoms with van der Waals surface area (Å²) in [4.78, 5) is 4.54. The van der Waals surface area contributed by atoms with Crippen molar-refractivity contribution in [2.24, 2.45) is 4.99 Å². The van der Waals surface area contributed by atoms with Crippen molar-refractivity contribution in [3.8, 4) is 11.5 Å². The zero-order chi connectivity index (χ0) is 15.7. The molecule has 21 heavy (non-hydrogen) atoms. The Morgan fingerprint density at radius 2 is 2.14 bits per heavy atom. The number of aliphatic imine (C=N–C) groups is 1.